The van der Waals surface area contributed by atoms with Crippen LogP contribution in [0, 0.1) is 0 Å². The summed E-state index contributed by atoms with van der Waals surface area (Å²) in [5, 5.41) is 21.2. The summed E-state index contributed by atoms with van der Waals surface area (Å²) in [6.07, 6.45) is -0.0909. The number of amides is 1. The zero-order chi connectivity index (χ0) is 14.0. The molecule has 0 radical (unpaired) electrons. The minimum Gasteiger partial charge on any atom is -0.481 e. The molecule has 18 heavy (non-hydrogen) atoms. The highest BCUT2D eigenvalue weighted by Gasteiger charge is 2.46. The summed E-state index contributed by atoms with van der Waals surface area (Å²) < 4.78 is 5.12. The van der Waals surface area contributed by atoms with E-state index in [1.807, 2.05) is 0 Å². The minimum absolute atomic E-state index is 0.379. The van der Waals surface area contributed by atoms with Crippen molar-refractivity contribution in [2.45, 2.75) is 63.7 Å². The third-order valence-corrected chi connectivity index (χ3v) is 3.00. The van der Waals surface area contributed by atoms with Gasteiger partial charge >= 0.3 is 12.1 Å². The van der Waals surface area contributed by atoms with E-state index in [0.29, 0.717) is 12.8 Å². The van der Waals surface area contributed by atoms with Gasteiger partial charge in [0, 0.05) is 0 Å². The van der Waals surface area contributed by atoms with Gasteiger partial charge in [0.1, 0.15) is 5.60 Å². The Morgan fingerprint density at radius 1 is 1.39 bits per heavy atom. The Morgan fingerprint density at radius 2 is 1.94 bits per heavy atom. The molecule has 1 rings (SSSR count). The van der Waals surface area contributed by atoms with Crippen LogP contribution in [0.15, 0.2) is 0 Å². The number of hydrogen-bond acceptors (Lipinski definition) is 4. The number of aliphatic carboxylic acids is 1. The fourth-order valence-electron chi connectivity index (χ4n) is 1.97. The van der Waals surface area contributed by atoms with Crippen LogP contribution in [0.3, 0.4) is 0 Å². The second-order valence-corrected chi connectivity index (χ2v) is 5.75. The molecule has 104 valence electrons. The molecule has 6 nitrogen and oxygen atoms in total. The van der Waals surface area contributed by atoms with Gasteiger partial charge in [0.2, 0.25) is 0 Å². The Balaban J connectivity index is 2.60. The van der Waals surface area contributed by atoms with Gasteiger partial charge < -0.3 is 20.3 Å². The van der Waals surface area contributed by atoms with E-state index in [1.54, 1.807) is 20.8 Å². The quantitative estimate of drug-likeness (QED) is 0.706. The van der Waals surface area contributed by atoms with Crippen molar-refractivity contribution in [3.63, 3.8) is 0 Å². The number of alkyl carbamates (subject to hydrolysis) is 1. The molecule has 1 aliphatic rings. The molecule has 0 saturated heterocycles. The second kappa shape index (κ2) is 5.14. The van der Waals surface area contributed by atoms with Gasteiger partial charge in [-0.3, -0.25) is 4.79 Å². The fraction of sp³-hybridized carbons (Fsp3) is 0.833. The molecule has 1 atom stereocenters. The first-order valence-corrected chi connectivity index (χ1v) is 6.06. The lowest BCUT2D eigenvalue weighted by Crippen LogP contribution is -2.62. The lowest BCUT2D eigenvalue weighted by Gasteiger charge is -2.45. The second-order valence-electron chi connectivity index (χ2n) is 5.75. The third kappa shape index (κ3) is 3.87. The highest BCUT2D eigenvalue weighted by Crippen LogP contribution is 2.36. The lowest BCUT2D eigenvalue weighted by molar-refractivity contribution is -0.141. The number of ether oxygens (including phenoxy) is 1. The first-order valence-electron chi connectivity index (χ1n) is 6.06. The van der Waals surface area contributed by atoms with Gasteiger partial charge in [-0.25, -0.2) is 4.79 Å². The molecule has 6 heteroatoms. The molecule has 3 N–H and O–H groups in total. The molecule has 0 unspecified atom stereocenters. The highest BCUT2D eigenvalue weighted by atomic mass is 16.6. The van der Waals surface area contributed by atoms with Crippen LogP contribution in [0.4, 0.5) is 4.79 Å². The standard InChI is InChI=1S/C12H21NO5/c1-11(2,3)18-10(17)13-12(5-4-6-12)8(14)7-9(15)16/h8,14H,4-7H2,1-3H3,(H,13,17)(H,15,16)/t8-/m1/s1. The molecule has 0 heterocycles. The number of carboxylic acids is 1. The van der Waals surface area contributed by atoms with Crippen LogP contribution in [-0.2, 0) is 9.53 Å². The molecular formula is C12H21NO5. The monoisotopic (exact) mass is 259 g/mol. The minimum atomic E-state index is -1.09. The van der Waals surface area contributed by atoms with Crippen LogP contribution in [0.2, 0.25) is 0 Å². The molecule has 1 saturated carbocycles. The van der Waals surface area contributed by atoms with E-state index in [4.69, 9.17) is 9.84 Å². The molecule has 1 aliphatic carbocycles. The van der Waals surface area contributed by atoms with Crippen molar-refractivity contribution in [2.75, 3.05) is 0 Å². The normalized spacial score (nSPS) is 19.6. The van der Waals surface area contributed by atoms with Gasteiger partial charge in [-0.1, -0.05) is 0 Å². The Morgan fingerprint density at radius 3 is 2.28 bits per heavy atom. The molecule has 1 amide bonds. The predicted octanol–water partition coefficient (Wildman–Crippen LogP) is 1.27. The molecule has 0 aliphatic heterocycles. The van der Waals surface area contributed by atoms with Gasteiger partial charge in [-0.15, -0.1) is 0 Å². The van der Waals surface area contributed by atoms with Crippen molar-refractivity contribution < 1.29 is 24.5 Å². The maximum atomic E-state index is 11.7. The van der Waals surface area contributed by atoms with Crippen LogP contribution >= 0.6 is 0 Å². The Kier molecular flexibility index (Phi) is 4.21. The number of rotatable bonds is 4. The maximum absolute atomic E-state index is 11.7. The van der Waals surface area contributed by atoms with Crippen molar-refractivity contribution in [1.29, 1.82) is 0 Å². The topological polar surface area (TPSA) is 95.9 Å². The Hall–Kier alpha value is -1.30. The average molecular weight is 259 g/mol. The average Bonchev–Trinajstić information content (AvgIpc) is 2.06. The fourth-order valence-corrected chi connectivity index (χ4v) is 1.97. The largest absolute Gasteiger partial charge is 0.481 e. The number of aliphatic hydroxyl groups excluding tert-OH is 1. The van der Waals surface area contributed by atoms with E-state index in [9.17, 15) is 14.7 Å². The Labute approximate surface area is 106 Å². The SMILES string of the molecule is CC(C)(C)OC(=O)NC1([C@H](O)CC(=O)O)CCC1. The number of carbonyl (C=O) groups excluding carboxylic acids is 1. The summed E-state index contributed by atoms with van der Waals surface area (Å²) in [6, 6.07) is 0. The van der Waals surface area contributed by atoms with Crippen molar-refractivity contribution in [2.24, 2.45) is 0 Å². The summed E-state index contributed by atoms with van der Waals surface area (Å²) in [7, 11) is 0. The number of carbonyl (C=O) groups is 2. The van der Waals surface area contributed by atoms with E-state index in [1.165, 1.54) is 0 Å². The summed E-state index contributed by atoms with van der Waals surface area (Å²) >= 11 is 0. The van der Waals surface area contributed by atoms with Gasteiger partial charge in [0.15, 0.2) is 0 Å². The molecular weight excluding hydrogens is 238 g/mol. The smallest absolute Gasteiger partial charge is 0.408 e. The first-order chi connectivity index (χ1) is 8.15. The van der Waals surface area contributed by atoms with E-state index in [-0.39, 0.29) is 6.42 Å². The molecule has 0 spiro atoms. The molecule has 0 aromatic rings. The van der Waals surface area contributed by atoms with Crippen molar-refractivity contribution >= 4 is 12.1 Å². The molecule has 0 aromatic heterocycles. The van der Waals surface area contributed by atoms with Crippen LogP contribution in [0.25, 0.3) is 0 Å². The van der Waals surface area contributed by atoms with Gasteiger partial charge in [0.25, 0.3) is 0 Å². The zero-order valence-corrected chi connectivity index (χ0v) is 11.0. The predicted molar refractivity (Wildman–Crippen MR) is 64.2 cm³/mol. The number of aliphatic hydroxyl groups is 1. The van der Waals surface area contributed by atoms with E-state index in [2.05, 4.69) is 5.32 Å². The van der Waals surface area contributed by atoms with Gasteiger partial charge in [0.05, 0.1) is 18.1 Å². The van der Waals surface area contributed by atoms with Gasteiger partial charge in [-0.2, -0.15) is 0 Å². The summed E-state index contributed by atoms with van der Waals surface area (Å²) in [5.74, 6) is -1.08. The van der Waals surface area contributed by atoms with Crippen LogP contribution in [0.1, 0.15) is 46.5 Å². The van der Waals surface area contributed by atoms with Crippen molar-refractivity contribution in [3.05, 3.63) is 0 Å². The van der Waals surface area contributed by atoms with Crippen molar-refractivity contribution in [3.8, 4) is 0 Å². The third-order valence-electron chi connectivity index (χ3n) is 3.00. The number of hydrogen-bond donors (Lipinski definition) is 3. The van der Waals surface area contributed by atoms with E-state index >= 15 is 0 Å². The highest BCUT2D eigenvalue weighted by molar-refractivity contribution is 5.70. The van der Waals surface area contributed by atoms with Crippen LogP contribution in [0.5, 0.6) is 0 Å². The van der Waals surface area contributed by atoms with E-state index < -0.39 is 29.3 Å². The number of carboxylic acid groups (broad SMARTS) is 1. The van der Waals surface area contributed by atoms with Crippen LogP contribution in [-0.4, -0.2) is 39.5 Å². The summed E-state index contributed by atoms with van der Waals surface area (Å²) in [5.41, 5.74) is -1.46. The molecule has 1 fully saturated rings. The van der Waals surface area contributed by atoms with Gasteiger partial charge in [-0.05, 0) is 40.0 Å². The maximum Gasteiger partial charge on any atom is 0.408 e. The Bertz CT molecular complexity index is 330. The van der Waals surface area contributed by atoms with E-state index in [0.717, 1.165) is 6.42 Å². The molecule has 0 aromatic carbocycles. The lowest BCUT2D eigenvalue weighted by atomic mass is 9.72. The van der Waals surface area contributed by atoms with Crippen molar-refractivity contribution in [1.82, 2.24) is 5.32 Å². The molecule has 0 bridgehead atoms. The summed E-state index contributed by atoms with van der Waals surface area (Å²) in [4.78, 5) is 22.3. The van der Waals surface area contributed by atoms with Crippen LogP contribution < -0.4 is 5.32 Å². The number of nitrogens with one attached hydrogen (secondary N) is 1. The summed E-state index contributed by atoms with van der Waals surface area (Å²) in [6.45, 7) is 5.23. The zero-order valence-electron chi connectivity index (χ0n) is 11.0. The first kappa shape index (κ1) is 14.8.